The second-order valence-electron chi connectivity index (χ2n) is 8.29. The molecule has 0 aliphatic carbocycles. The van der Waals surface area contributed by atoms with Crippen LogP contribution in [0.25, 0.3) is 10.9 Å². The summed E-state index contributed by atoms with van der Waals surface area (Å²) in [6, 6.07) is 17.9. The maximum Gasteiger partial charge on any atom is 0.152 e. The fourth-order valence-electron chi connectivity index (χ4n) is 4.85. The van der Waals surface area contributed by atoms with E-state index in [9.17, 15) is 0 Å². The molecular formula is C25H29N3O. The number of piperidine rings is 1. The highest BCUT2D eigenvalue weighted by atomic mass is 16.5. The van der Waals surface area contributed by atoms with Crippen molar-refractivity contribution in [3.8, 4) is 5.75 Å². The zero-order chi connectivity index (χ0) is 19.6. The summed E-state index contributed by atoms with van der Waals surface area (Å²) >= 11 is 0. The molecule has 1 saturated heterocycles. The van der Waals surface area contributed by atoms with Crippen LogP contribution in [0.15, 0.2) is 54.7 Å². The zero-order valence-electron chi connectivity index (χ0n) is 17.2. The zero-order valence-corrected chi connectivity index (χ0v) is 17.2. The second kappa shape index (κ2) is 8.13. The third-order valence-electron chi connectivity index (χ3n) is 6.46. The number of likely N-dealkylation sites (tertiary alicyclic amines) is 1. The van der Waals surface area contributed by atoms with Crippen molar-refractivity contribution < 1.29 is 4.74 Å². The maximum atomic E-state index is 6.27. The number of hydrogen-bond acceptors (Lipinski definition) is 4. The molecule has 3 heterocycles. The Bertz CT molecular complexity index is 980. The van der Waals surface area contributed by atoms with Gasteiger partial charge in [-0.2, -0.15) is 0 Å². The van der Waals surface area contributed by atoms with Gasteiger partial charge in [0.15, 0.2) is 5.75 Å². The van der Waals surface area contributed by atoms with E-state index in [0.29, 0.717) is 12.8 Å². The van der Waals surface area contributed by atoms with Crippen molar-refractivity contribution in [2.75, 3.05) is 19.8 Å². The van der Waals surface area contributed by atoms with Gasteiger partial charge in [-0.1, -0.05) is 49.4 Å². The van der Waals surface area contributed by atoms with Crippen molar-refractivity contribution in [2.24, 2.45) is 0 Å². The van der Waals surface area contributed by atoms with Crippen LogP contribution in [0.3, 0.4) is 0 Å². The summed E-state index contributed by atoms with van der Waals surface area (Å²) < 4.78 is 6.27. The SMILES string of the molecule is CCc1cc2c(c3ncccc13)OCN(C1CCN(Cc3ccccc3)CC1)C2. The molecule has 150 valence electrons. The van der Waals surface area contributed by atoms with E-state index in [1.54, 1.807) is 0 Å². The number of nitrogens with zero attached hydrogens (tertiary/aromatic N) is 3. The van der Waals surface area contributed by atoms with Gasteiger partial charge >= 0.3 is 0 Å². The van der Waals surface area contributed by atoms with Gasteiger partial charge in [0.25, 0.3) is 0 Å². The first-order chi connectivity index (χ1) is 14.3. The van der Waals surface area contributed by atoms with Gasteiger partial charge in [-0.15, -0.1) is 0 Å². The third-order valence-corrected chi connectivity index (χ3v) is 6.46. The first-order valence-corrected chi connectivity index (χ1v) is 10.8. The standard InChI is InChI=1S/C25H29N3O/c1-2-20-15-21-17-28(18-29-25(21)24-23(20)9-6-12-26-24)22-10-13-27(14-11-22)16-19-7-4-3-5-8-19/h3-9,12,15,22H,2,10-11,13-14,16-18H2,1H3. The predicted molar refractivity (Wildman–Crippen MR) is 117 cm³/mol. The Hall–Kier alpha value is -2.43. The van der Waals surface area contributed by atoms with Crippen LogP contribution in [0.2, 0.25) is 0 Å². The highest BCUT2D eigenvalue weighted by Gasteiger charge is 2.29. The number of aromatic nitrogens is 1. The molecule has 0 bridgehead atoms. The lowest BCUT2D eigenvalue weighted by molar-refractivity contribution is 0.0250. The normalized spacial score (nSPS) is 18.5. The minimum Gasteiger partial charge on any atom is -0.475 e. The molecule has 1 fully saturated rings. The summed E-state index contributed by atoms with van der Waals surface area (Å²) in [7, 11) is 0. The van der Waals surface area contributed by atoms with Crippen molar-refractivity contribution in [1.29, 1.82) is 0 Å². The van der Waals surface area contributed by atoms with Crippen molar-refractivity contribution in [3.05, 3.63) is 71.4 Å². The van der Waals surface area contributed by atoms with Gasteiger partial charge in [-0.25, -0.2) is 0 Å². The average molecular weight is 388 g/mol. The molecule has 2 aromatic carbocycles. The predicted octanol–water partition coefficient (Wildman–Crippen LogP) is 4.61. The molecule has 2 aliphatic rings. The topological polar surface area (TPSA) is 28.6 Å². The first kappa shape index (κ1) is 18.6. The van der Waals surface area contributed by atoms with Gasteiger partial charge in [-0.3, -0.25) is 14.8 Å². The Balaban J connectivity index is 1.27. The molecule has 3 aromatic rings. The van der Waals surface area contributed by atoms with Gasteiger partial charge in [0.05, 0.1) is 0 Å². The molecule has 1 aromatic heterocycles. The monoisotopic (exact) mass is 387 g/mol. The minimum absolute atomic E-state index is 0.597. The molecule has 0 amide bonds. The number of benzene rings is 2. The van der Waals surface area contributed by atoms with E-state index in [1.807, 2.05) is 12.3 Å². The highest BCUT2D eigenvalue weighted by molar-refractivity contribution is 5.89. The van der Waals surface area contributed by atoms with Crippen LogP contribution in [0.5, 0.6) is 5.75 Å². The summed E-state index contributed by atoms with van der Waals surface area (Å²) in [4.78, 5) is 9.75. The van der Waals surface area contributed by atoms with E-state index in [0.717, 1.165) is 43.9 Å². The molecule has 2 aliphatic heterocycles. The summed E-state index contributed by atoms with van der Waals surface area (Å²) in [5.74, 6) is 0.996. The summed E-state index contributed by atoms with van der Waals surface area (Å²) in [5, 5.41) is 1.23. The van der Waals surface area contributed by atoms with Crippen LogP contribution in [-0.4, -0.2) is 40.6 Å². The van der Waals surface area contributed by atoms with Gasteiger partial charge in [-0.05, 0) is 49.5 Å². The van der Waals surface area contributed by atoms with Crippen LogP contribution in [0.1, 0.15) is 36.5 Å². The molecule has 4 nitrogen and oxygen atoms in total. The van der Waals surface area contributed by atoms with Crippen LogP contribution >= 0.6 is 0 Å². The quantitative estimate of drug-likeness (QED) is 0.653. The van der Waals surface area contributed by atoms with Crippen LogP contribution < -0.4 is 4.74 Å². The van der Waals surface area contributed by atoms with Crippen LogP contribution in [-0.2, 0) is 19.5 Å². The van der Waals surface area contributed by atoms with Crippen molar-refractivity contribution in [1.82, 2.24) is 14.8 Å². The molecule has 0 N–H and O–H groups in total. The summed E-state index contributed by atoms with van der Waals surface area (Å²) in [6.07, 6.45) is 5.31. The van der Waals surface area contributed by atoms with Gasteiger partial charge in [0, 0.05) is 36.3 Å². The Morgan fingerprint density at radius 1 is 1.07 bits per heavy atom. The molecule has 4 heteroatoms. The van der Waals surface area contributed by atoms with E-state index in [2.05, 4.69) is 64.2 Å². The lowest BCUT2D eigenvalue weighted by atomic mass is 9.98. The molecule has 0 spiro atoms. The fraction of sp³-hybridized carbons (Fsp3) is 0.400. The molecule has 0 unspecified atom stereocenters. The average Bonchev–Trinajstić information content (AvgIpc) is 2.79. The molecule has 5 rings (SSSR count). The largest absolute Gasteiger partial charge is 0.475 e. The Labute approximate surface area is 173 Å². The first-order valence-electron chi connectivity index (χ1n) is 10.8. The molecular weight excluding hydrogens is 358 g/mol. The van der Waals surface area contributed by atoms with E-state index in [1.165, 1.54) is 34.9 Å². The number of hydrogen-bond donors (Lipinski definition) is 0. The Morgan fingerprint density at radius 2 is 1.90 bits per heavy atom. The highest BCUT2D eigenvalue weighted by Crippen LogP contribution is 2.36. The van der Waals surface area contributed by atoms with Crippen LogP contribution in [0, 0.1) is 0 Å². The molecule has 29 heavy (non-hydrogen) atoms. The van der Waals surface area contributed by atoms with Crippen molar-refractivity contribution in [3.63, 3.8) is 0 Å². The van der Waals surface area contributed by atoms with E-state index < -0.39 is 0 Å². The number of pyridine rings is 1. The summed E-state index contributed by atoms with van der Waals surface area (Å²) in [6.45, 7) is 7.24. The molecule has 0 radical (unpaired) electrons. The summed E-state index contributed by atoms with van der Waals surface area (Å²) in [5.41, 5.74) is 5.10. The van der Waals surface area contributed by atoms with Crippen molar-refractivity contribution >= 4 is 10.9 Å². The number of aryl methyl sites for hydroxylation is 1. The van der Waals surface area contributed by atoms with E-state index in [-0.39, 0.29) is 0 Å². The Morgan fingerprint density at radius 3 is 2.69 bits per heavy atom. The van der Waals surface area contributed by atoms with Crippen molar-refractivity contribution in [2.45, 2.75) is 45.3 Å². The second-order valence-corrected chi connectivity index (χ2v) is 8.29. The fourth-order valence-corrected chi connectivity index (χ4v) is 4.85. The van der Waals surface area contributed by atoms with Crippen LogP contribution in [0.4, 0.5) is 0 Å². The van der Waals surface area contributed by atoms with E-state index >= 15 is 0 Å². The smallest absolute Gasteiger partial charge is 0.152 e. The number of ether oxygens (including phenoxy) is 1. The van der Waals surface area contributed by atoms with Gasteiger partial charge in [0.1, 0.15) is 12.2 Å². The van der Waals surface area contributed by atoms with Gasteiger partial charge < -0.3 is 4.74 Å². The third kappa shape index (κ3) is 3.75. The minimum atomic E-state index is 0.597. The number of fused-ring (bicyclic) bond motifs is 3. The maximum absolute atomic E-state index is 6.27. The lowest BCUT2D eigenvalue weighted by Gasteiger charge is -2.40. The molecule has 0 saturated carbocycles. The van der Waals surface area contributed by atoms with Gasteiger partial charge in [0.2, 0.25) is 0 Å². The van der Waals surface area contributed by atoms with E-state index in [4.69, 9.17) is 4.74 Å². The number of rotatable bonds is 4. The Kier molecular flexibility index (Phi) is 5.21. The molecule has 0 atom stereocenters. The lowest BCUT2D eigenvalue weighted by Crippen LogP contribution is -2.47.